The maximum absolute atomic E-state index is 10.5. The number of aliphatic carboxylic acids is 1. The Morgan fingerprint density at radius 2 is 2.38 bits per heavy atom. The molecule has 1 aromatic rings. The molecular formula is C11H18N2O2S. The molecule has 0 aromatic carbocycles. The topological polar surface area (TPSA) is 53.4 Å². The molecule has 0 aliphatic heterocycles. The Bertz CT molecular complexity index is 352. The maximum Gasteiger partial charge on any atom is 0.309 e. The molecule has 5 heteroatoms. The summed E-state index contributed by atoms with van der Waals surface area (Å²) >= 11 is 1.51. The summed E-state index contributed by atoms with van der Waals surface area (Å²) in [4.78, 5) is 17.0. The molecule has 0 aliphatic carbocycles. The predicted molar refractivity (Wildman–Crippen MR) is 66.2 cm³/mol. The van der Waals surface area contributed by atoms with Crippen LogP contribution in [0.4, 0.5) is 5.13 Å². The summed E-state index contributed by atoms with van der Waals surface area (Å²) in [7, 11) is 2.00. The summed E-state index contributed by atoms with van der Waals surface area (Å²) in [5.74, 6) is -0.832. The van der Waals surface area contributed by atoms with Crippen molar-refractivity contribution < 1.29 is 9.90 Å². The van der Waals surface area contributed by atoms with Crippen LogP contribution >= 0.6 is 11.3 Å². The van der Waals surface area contributed by atoms with Crippen molar-refractivity contribution in [1.82, 2.24) is 4.98 Å². The lowest BCUT2D eigenvalue weighted by molar-refractivity contribution is -0.136. The van der Waals surface area contributed by atoms with Gasteiger partial charge < -0.3 is 10.0 Å². The summed E-state index contributed by atoms with van der Waals surface area (Å²) < 4.78 is 0. The molecule has 0 saturated heterocycles. The third-order valence-electron chi connectivity index (χ3n) is 2.54. The fourth-order valence-corrected chi connectivity index (χ4v) is 2.39. The molecule has 4 nitrogen and oxygen atoms in total. The zero-order valence-corrected chi connectivity index (χ0v) is 10.8. The molecule has 0 bridgehead atoms. The molecule has 0 fully saturated rings. The van der Waals surface area contributed by atoms with Crippen LogP contribution in [0.25, 0.3) is 0 Å². The first-order chi connectivity index (χ1) is 7.54. The Labute approximate surface area is 99.9 Å². The number of rotatable bonds is 6. The van der Waals surface area contributed by atoms with E-state index in [-0.39, 0.29) is 6.42 Å². The lowest BCUT2D eigenvalue weighted by Crippen LogP contribution is -2.28. The van der Waals surface area contributed by atoms with Crippen LogP contribution in [0.3, 0.4) is 0 Å². The van der Waals surface area contributed by atoms with Gasteiger partial charge in [-0.3, -0.25) is 4.79 Å². The highest BCUT2D eigenvalue weighted by atomic mass is 32.1. The van der Waals surface area contributed by atoms with Crippen molar-refractivity contribution in [3.05, 3.63) is 11.1 Å². The molecule has 0 amide bonds. The maximum atomic E-state index is 10.5. The van der Waals surface area contributed by atoms with Crippen molar-refractivity contribution in [2.24, 2.45) is 0 Å². The number of nitrogens with zero attached hydrogens (tertiary/aromatic N) is 2. The van der Waals surface area contributed by atoms with Crippen molar-refractivity contribution in [3.63, 3.8) is 0 Å². The number of hydrogen-bond acceptors (Lipinski definition) is 4. The first kappa shape index (κ1) is 13.0. The molecule has 1 atom stereocenters. The van der Waals surface area contributed by atoms with Crippen molar-refractivity contribution in [1.29, 1.82) is 0 Å². The van der Waals surface area contributed by atoms with Gasteiger partial charge in [0.25, 0.3) is 0 Å². The lowest BCUT2D eigenvalue weighted by Gasteiger charge is -2.23. The van der Waals surface area contributed by atoms with Gasteiger partial charge in [-0.15, -0.1) is 11.3 Å². The van der Waals surface area contributed by atoms with Crippen LogP contribution < -0.4 is 4.90 Å². The van der Waals surface area contributed by atoms with Gasteiger partial charge in [-0.25, -0.2) is 4.98 Å². The van der Waals surface area contributed by atoms with Gasteiger partial charge in [-0.1, -0.05) is 13.3 Å². The van der Waals surface area contributed by atoms with Gasteiger partial charge in [-0.05, 0) is 13.3 Å². The number of carboxylic acids is 1. The van der Waals surface area contributed by atoms with Crippen molar-refractivity contribution in [2.45, 2.75) is 39.2 Å². The van der Waals surface area contributed by atoms with E-state index in [1.165, 1.54) is 11.3 Å². The van der Waals surface area contributed by atoms with Gasteiger partial charge in [0.2, 0.25) is 0 Å². The van der Waals surface area contributed by atoms with Crippen LogP contribution in [0.2, 0.25) is 0 Å². The van der Waals surface area contributed by atoms with Crippen LogP contribution in [0.5, 0.6) is 0 Å². The van der Waals surface area contributed by atoms with Crippen LogP contribution in [-0.4, -0.2) is 29.1 Å². The molecule has 1 heterocycles. The van der Waals surface area contributed by atoms with E-state index in [0.717, 1.165) is 18.0 Å². The Kier molecular flexibility index (Phi) is 4.73. The molecule has 1 rings (SSSR count). The zero-order chi connectivity index (χ0) is 12.1. The minimum atomic E-state index is -0.832. The Balaban J connectivity index is 2.65. The number of anilines is 1. The lowest BCUT2D eigenvalue weighted by atomic mass is 10.2. The second-order valence-corrected chi connectivity index (χ2v) is 4.78. The highest BCUT2D eigenvalue weighted by Crippen LogP contribution is 2.22. The van der Waals surface area contributed by atoms with Crippen LogP contribution in [0, 0.1) is 0 Å². The molecule has 16 heavy (non-hydrogen) atoms. The first-order valence-corrected chi connectivity index (χ1v) is 6.31. The second-order valence-electron chi connectivity index (χ2n) is 3.94. The molecular weight excluding hydrogens is 224 g/mol. The summed E-state index contributed by atoms with van der Waals surface area (Å²) in [6.07, 6.45) is 2.26. The third-order valence-corrected chi connectivity index (χ3v) is 3.52. The van der Waals surface area contributed by atoms with Gasteiger partial charge in [0.1, 0.15) is 0 Å². The van der Waals surface area contributed by atoms with E-state index < -0.39 is 5.97 Å². The monoisotopic (exact) mass is 242 g/mol. The summed E-state index contributed by atoms with van der Waals surface area (Å²) in [6, 6.07) is 0.439. The summed E-state index contributed by atoms with van der Waals surface area (Å²) in [6.45, 7) is 4.31. The van der Waals surface area contributed by atoms with Gasteiger partial charge >= 0.3 is 5.97 Å². The Morgan fingerprint density at radius 1 is 1.69 bits per heavy atom. The molecule has 0 radical (unpaired) electrons. The zero-order valence-electron chi connectivity index (χ0n) is 9.93. The predicted octanol–water partition coefficient (Wildman–Crippen LogP) is 2.39. The quantitative estimate of drug-likeness (QED) is 0.832. The highest BCUT2D eigenvalue weighted by Gasteiger charge is 2.13. The van der Waals surface area contributed by atoms with Crippen LogP contribution in [0.1, 0.15) is 32.4 Å². The smallest absolute Gasteiger partial charge is 0.309 e. The molecule has 1 unspecified atom stereocenters. The third kappa shape index (κ3) is 3.48. The standard InChI is InChI=1S/C11H18N2O2S/c1-4-5-8(2)13(3)11-12-9(7-16-11)6-10(14)15/h7-8H,4-6H2,1-3H3,(H,14,15). The van der Waals surface area contributed by atoms with Gasteiger partial charge in [0.15, 0.2) is 5.13 Å². The summed E-state index contributed by atoms with van der Waals surface area (Å²) in [5.41, 5.74) is 0.642. The molecule has 0 saturated carbocycles. The molecule has 0 aliphatic rings. The molecule has 1 aromatic heterocycles. The van der Waals surface area contributed by atoms with E-state index >= 15 is 0 Å². The average molecular weight is 242 g/mol. The minimum absolute atomic E-state index is 0.00645. The Hall–Kier alpha value is -1.10. The van der Waals surface area contributed by atoms with Crippen LogP contribution in [-0.2, 0) is 11.2 Å². The fraction of sp³-hybridized carbons (Fsp3) is 0.636. The summed E-state index contributed by atoms with van der Waals surface area (Å²) in [5, 5.41) is 11.4. The van der Waals surface area contributed by atoms with Gasteiger partial charge in [0.05, 0.1) is 12.1 Å². The number of hydrogen-bond donors (Lipinski definition) is 1. The van der Waals surface area contributed by atoms with Crippen molar-refractivity contribution in [2.75, 3.05) is 11.9 Å². The van der Waals surface area contributed by atoms with Crippen LogP contribution in [0.15, 0.2) is 5.38 Å². The molecule has 0 spiro atoms. The SMILES string of the molecule is CCCC(C)N(C)c1nc(CC(=O)O)cs1. The number of aromatic nitrogens is 1. The van der Waals surface area contributed by atoms with E-state index in [9.17, 15) is 4.79 Å². The van der Waals surface area contributed by atoms with Gasteiger partial charge in [0, 0.05) is 18.5 Å². The Morgan fingerprint density at radius 3 is 2.94 bits per heavy atom. The normalized spacial score (nSPS) is 12.4. The fourth-order valence-electron chi connectivity index (χ4n) is 1.49. The van der Waals surface area contributed by atoms with Gasteiger partial charge in [-0.2, -0.15) is 0 Å². The highest BCUT2D eigenvalue weighted by molar-refractivity contribution is 7.13. The van der Waals surface area contributed by atoms with Crippen molar-refractivity contribution >= 4 is 22.4 Å². The number of thiazole rings is 1. The largest absolute Gasteiger partial charge is 0.481 e. The second kappa shape index (κ2) is 5.84. The van der Waals surface area contributed by atoms with E-state index in [4.69, 9.17) is 5.11 Å². The average Bonchev–Trinajstić information content (AvgIpc) is 2.64. The van der Waals surface area contributed by atoms with Crippen molar-refractivity contribution in [3.8, 4) is 0 Å². The molecule has 1 N–H and O–H groups in total. The van der Waals surface area contributed by atoms with E-state index in [0.29, 0.717) is 11.7 Å². The van der Waals surface area contributed by atoms with E-state index in [1.807, 2.05) is 12.4 Å². The first-order valence-electron chi connectivity index (χ1n) is 5.43. The number of carbonyl (C=O) groups is 1. The molecule has 90 valence electrons. The van der Waals surface area contributed by atoms with E-state index in [2.05, 4.69) is 23.7 Å². The van der Waals surface area contributed by atoms with E-state index in [1.54, 1.807) is 0 Å². The minimum Gasteiger partial charge on any atom is -0.481 e. The number of carboxylic acid groups (broad SMARTS) is 1.